The molecular formula is C12H17FN2O2S. The van der Waals surface area contributed by atoms with Gasteiger partial charge in [0.2, 0.25) is 10.0 Å². The number of nitrogens with one attached hydrogen (secondary N) is 1. The zero-order chi connectivity index (χ0) is 13.3. The Morgan fingerprint density at radius 3 is 2.72 bits per heavy atom. The van der Waals surface area contributed by atoms with Gasteiger partial charge in [0.25, 0.3) is 0 Å². The maximum atomic E-state index is 13.2. The highest BCUT2D eigenvalue weighted by Gasteiger charge is 2.33. The van der Waals surface area contributed by atoms with E-state index in [9.17, 15) is 12.8 Å². The monoisotopic (exact) mass is 272 g/mol. The number of halogens is 1. The van der Waals surface area contributed by atoms with E-state index in [-0.39, 0.29) is 11.4 Å². The molecule has 1 aliphatic carbocycles. The summed E-state index contributed by atoms with van der Waals surface area (Å²) >= 11 is 0. The highest BCUT2D eigenvalue weighted by Crippen LogP contribution is 2.37. The van der Waals surface area contributed by atoms with Gasteiger partial charge in [-0.3, -0.25) is 0 Å². The minimum atomic E-state index is -3.67. The van der Waals surface area contributed by atoms with E-state index in [0.29, 0.717) is 23.9 Å². The molecule has 1 aromatic rings. The van der Waals surface area contributed by atoms with Crippen LogP contribution in [0.15, 0.2) is 23.1 Å². The molecule has 1 saturated carbocycles. The molecule has 2 rings (SSSR count). The second kappa shape index (κ2) is 4.95. The molecule has 3 N–H and O–H groups in total. The molecule has 0 aliphatic heterocycles. The highest BCUT2D eigenvalue weighted by atomic mass is 32.2. The smallest absolute Gasteiger partial charge is 0.241 e. The van der Waals surface area contributed by atoms with Crippen LogP contribution in [-0.2, 0) is 16.6 Å². The summed E-state index contributed by atoms with van der Waals surface area (Å²) in [5, 5.41) is 0. The minimum Gasteiger partial charge on any atom is -0.326 e. The Bertz CT molecular complexity index is 545. The Balaban J connectivity index is 2.20. The van der Waals surface area contributed by atoms with Gasteiger partial charge >= 0.3 is 0 Å². The quantitative estimate of drug-likeness (QED) is 0.846. The van der Waals surface area contributed by atoms with Gasteiger partial charge in [-0.1, -0.05) is 13.0 Å². The van der Waals surface area contributed by atoms with Crippen LogP contribution in [0.3, 0.4) is 0 Å². The molecule has 2 unspecified atom stereocenters. The van der Waals surface area contributed by atoms with Gasteiger partial charge in [0.1, 0.15) is 5.82 Å². The Hall–Kier alpha value is -0.980. The molecular weight excluding hydrogens is 255 g/mol. The first-order chi connectivity index (χ1) is 8.44. The van der Waals surface area contributed by atoms with Crippen molar-refractivity contribution in [3.63, 3.8) is 0 Å². The molecule has 0 bridgehead atoms. The number of hydrogen-bond acceptors (Lipinski definition) is 3. The van der Waals surface area contributed by atoms with Gasteiger partial charge in [-0.15, -0.1) is 0 Å². The number of nitrogens with two attached hydrogens (primary N) is 1. The molecule has 0 amide bonds. The maximum absolute atomic E-state index is 13.2. The lowest BCUT2D eigenvalue weighted by Gasteiger charge is -2.10. The van der Waals surface area contributed by atoms with Crippen LogP contribution in [0.4, 0.5) is 4.39 Å². The van der Waals surface area contributed by atoms with Crippen LogP contribution in [0, 0.1) is 17.7 Å². The second-order valence-electron chi connectivity index (χ2n) is 4.78. The normalized spacial score (nSPS) is 23.1. The summed E-state index contributed by atoms with van der Waals surface area (Å²) in [4.78, 5) is -0.0571. The summed E-state index contributed by atoms with van der Waals surface area (Å²) in [7, 11) is -3.67. The van der Waals surface area contributed by atoms with Crippen molar-refractivity contribution in [2.75, 3.05) is 6.54 Å². The zero-order valence-electron chi connectivity index (χ0n) is 10.2. The van der Waals surface area contributed by atoms with Crippen LogP contribution in [0.2, 0.25) is 0 Å². The molecule has 1 aliphatic rings. The molecule has 0 spiro atoms. The van der Waals surface area contributed by atoms with E-state index in [2.05, 4.69) is 11.6 Å². The van der Waals surface area contributed by atoms with Crippen molar-refractivity contribution in [1.29, 1.82) is 0 Å². The van der Waals surface area contributed by atoms with Gasteiger partial charge in [0.05, 0.1) is 4.90 Å². The van der Waals surface area contributed by atoms with Crippen LogP contribution in [0.5, 0.6) is 0 Å². The molecule has 4 nitrogen and oxygen atoms in total. The van der Waals surface area contributed by atoms with Crippen LogP contribution in [0.1, 0.15) is 18.9 Å². The predicted molar refractivity (Wildman–Crippen MR) is 66.8 cm³/mol. The summed E-state index contributed by atoms with van der Waals surface area (Å²) in [6.07, 6.45) is 1.04. The first kappa shape index (κ1) is 13.5. The van der Waals surface area contributed by atoms with Crippen molar-refractivity contribution >= 4 is 10.0 Å². The molecule has 1 fully saturated rings. The van der Waals surface area contributed by atoms with Crippen molar-refractivity contribution < 1.29 is 12.8 Å². The summed E-state index contributed by atoms with van der Waals surface area (Å²) in [5.41, 5.74) is 5.90. The fourth-order valence-corrected chi connectivity index (χ4v) is 3.28. The molecule has 18 heavy (non-hydrogen) atoms. The lowest BCUT2D eigenvalue weighted by Crippen LogP contribution is -2.27. The Morgan fingerprint density at radius 1 is 1.50 bits per heavy atom. The average molecular weight is 272 g/mol. The Kier molecular flexibility index (Phi) is 3.70. The minimum absolute atomic E-state index is 0.0571. The number of hydrogen-bond donors (Lipinski definition) is 2. The van der Waals surface area contributed by atoms with Crippen molar-refractivity contribution in [3.05, 3.63) is 29.6 Å². The van der Waals surface area contributed by atoms with E-state index < -0.39 is 15.8 Å². The van der Waals surface area contributed by atoms with Gasteiger partial charge in [0, 0.05) is 13.1 Å². The Morgan fingerprint density at radius 2 is 2.17 bits per heavy atom. The molecule has 0 saturated heterocycles. The van der Waals surface area contributed by atoms with Crippen molar-refractivity contribution in [3.8, 4) is 0 Å². The van der Waals surface area contributed by atoms with E-state index in [1.807, 2.05) is 0 Å². The van der Waals surface area contributed by atoms with Crippen LogP contribution < -0.4 is 10.5 Å². The van der Waals surface area contributed by atoms with E-state index in [1.165, 1.54) is 12.1 Å². The van der Waals surface area contributed by atoms with E-state index in [1.54, 1.807) is 0 Å². The third-order valence-electron chi connectivity index (χ3n) is 3.35. The second-order valence-corrected chi connectivity index (χ2v) is 6.52. The lowest BCUT2D eigenvalue weighted by atomic mass is 10.2. The SMILES string of the molecule is CC1CC1CNS(=O)(=O)c1cc(F)ccc1CN. The van der Waals surface area contributed by atoms with Crippen molar-refractivity contribution in [2.24, 2.45) is 17.6 Å². The summed E-state index contributed by atoms with van der Waals surface area (Å²) in [6, 6.07) is 3.63. The largest absolute Gasteiger partial charge is 0.326 e. The van der Waals surface area contributed by atoms with Crippen molar-refractivity contribution in [2.45, 2.75) is 24.8 Å². The van der Waals surface area contributed by atoms with Crippen molar-refractivity contribution in [1.82, 2.24) is 4.72 Å². The highest BCUT2D eigenvalue weighted by molar-refractivity contribution is 7.89. The van der Waals surface area contributed by atoms with Crippen LogP contribution in [-0.4, -0.2) is 15.0 Å². The van der Waals surface area contributed by atoms with Gasteiger partial charge in [-0.05, 0) is 36.0 Å². The maximum Gasteiger partial charge on any atom is 0.241 e. The molecule has 0 heterocycles. The molecule has 6 heteroatoms. The summed E-state index contributed by atoms with van der Waals surface area (Å²) < 4.78 is 39.8. The molecule has 100 valence electrons. The summed E-state index contributed by atoms with van der Waals surface area (Å²) in [6.45, 7) is 2.55. The third-order valence-corrected chi connectivity index (χ3v) is 4.86. The van der Waals surface area contributed by atoms with Gasteiger partial charge in [0.15, 0.2) is 0 Å². The summed E-state index contributed by atoms with van der Waals surface area (Å²) in [5.74, 6) is 0.385. The molecule has 0 radical (unpaired) electrons. The topological polar surface area (TPSA) is 72.2 Å². The van der Waals surface area contributed by atoms with Gasteiger partial charge in [-0.25, -0.2) is 17.5 Å². The van der Waals surface area contributed by atoms with E-state index in [4.69, 9.17) is 5.73 Å². The Labute approximate surface area is 106 Å². The van der Waals surface area contributed by atoms with E-state index >= 15 is 0 Å². The standard InChI is InChI=1S/C12H17FN2O2S/c1-8-4-10(8)7-15-18(16,17)12-5-11(13)3-2-9(12)6-14/h2-3,5,8,10,15H,4,6-7,14H2,1H3. The van der Waals surface area contributed by atoms with Crippen LogP contribution >= 0.6 is 0 Å². The first-order valence-electron chi connectivity index (χ1n) is 5.92. The average Bonchev–Trinajstić information content (AvgIpc) is 3.03. The number of benzene rings is 1. The third kappa shape index (κ3) is 2.88. The van der Waals surface area contributed by atoms with Gasteiger partial charge < -0.3 is 5.73 Å². The first-order valence-corrected chi connectivity index (χ1v) is 7.40. The fraction of sp³-hybridized carbons (Fsp3) is 0.500. The molecule has 0 aromatic heterocycles. The predicted octanol–water partition coefficient (Wildman–Crippen LogP) is 1.22. The van der Waals surface area contributed by atoms with Gasteiger partial charge in [-0.2, -0.15) is 0 Å². The number of sulfonamides is 1. The lowest BCUT2D eigenvalue weighted by molar-refractivity contribution is 0.569. The molecule has 1 aromatic carbocycles. The van der Waals surface area contributed by atoms with Crippen LogP contribution in [0.25, 0.3) is 0 Å². The molecule has 2 atom stereocenters. The number of rotatable bonds is 5. The van der Waals surface area contributed by atoms with E-state index in [0.717, 1.165) is 12.5 Å². The zero-order valence-corrected chi connectivity index (χ0v) is 11.0. The fourth-order valence-electron chi connectivity index (χ4n) is 1.93.